The van der Waals surface area contributed by atoms with E-state index in [1.54, 1.807) is 6.07 Å². The molecule has 0 heterocycles. The molecule has 0 fully saturated rings. The van der Waals surface area contributed by atoms with Gasteiger partial charge in [-0.15, -0.1) is 0 Å². The first-order valence-electron chi connectivity index (χ1n) is 6.58. The van der Waals surface area contributed by atoms with Crippen molar-refractivity contribution < 1.29 is 4.39 Å². The van der Waals surface area contributed by atoms with Crippen molar-refractivity contribution in [2.24, 2.45) is 11.8 Å². The van der Waals surface area contributed by atoms with Crippen LogP contribution in [0.2, 0.25) is 0 Å². The molecular formula is C15H23BrFN. The van der Waals surface area contributed by atoms with E-state index >= 15 is 0 Å². The summed E-state index contributed by atoms with van der Waals surface area (Å²) in [6.45, 7) is 9.78. The molecule has 0 radical (unpaired) electrons. The Balaban J connectivity index is 2.58. The van der Waals surface area contributed by atoms with Crippen molar-refractivity contribution >= 4 is 15.9 Å². The summed E-state index contributed by atoms with van der Waals surface area (Å²) in [6.07, 6.45) is 0.902. The quantitative estimate of drug-likeness (QED) is 0.820. The summed E-state index contributed by atoms with van der Waals surface area (Å²) in [5.74, 6) is 0.921. The largest absolute Gasteiger partial charge is 0.314 e. The molecule has 1 nitrogen and oxygen atoms in total. The van der Waals surface area contributed by atoms with Crippen LogP contribution in [0.15, 0.2) is 22.7 Å². The van der Waals surface area contributed by atoms with Crippen LogP contribution < -0.4 is 5.32 Å². The Morgan fingerprint density at radius 3 is 2.44 bits per heavy atom. The van der Waals surface area contributed by atoms with Gasteiger partial charge in [-0.05, 0) is 52.4 Å². The summed E-state index contributed by atoms with van der Waals surface area (Å²) in [5.41, 5.74) is 1.05. The fraction of sp³-hybridized carbons (Fsp3) is 0.600. The summed E-state index contributed by atoms with van der Waals surface area (Å²) in [5, 5.41) is 3.45. The van der Waals surface area contributed by atoms with E-state index in [0.717, 1.165) is 18.5 Å². The summed E-state index contributed by atoms with van der Waals surface area (Å²) in [7, 11) is 0. The van der Waals surface area contributed by atoms with Crippen LogP contribution >= 0.6 is 15.9 Å². The maximum Gasteiger partial charge on any atom is 0.137 e. The molecule has 0 aromatic heterocycles. The summed E-state index contributed by atoms with van der Waals surface area (Å²) in [4.78, 5) is 0. The standard InChI is InChI=1S/C15H23BrFN/c1-10(2)18-9-12(4)11(3)8-13-6-5-7-14(17)15(13)16/h5-7,10-12,18H,8-9H2,1-4H3. The molecular weight excluding hydrogens is 293 g/mol. The maximum atomic E-state index is 13.4. The van der Waals surface area contributed by atoms with Gasteiger partial charge in [-0.1, -0.05) is 39.8 Å². The normalized spacial score (nSPS) is 14.8. The number of hydrogen-bond acceptors (Lipinski definition) is 1. The minimum atomic E-state index is -0.173. The first-order valence-corrected chi connectivity index (χ1v) is 7.37. The minimum Gasteiger partial charge on any atom is -0.314 e. The lowest BCUT2D eigenvalue weighted by atomic mass is 9.89. The van der Waals surface area contributed by atoms with Crippen molar-refractivity contribution in [2.75, 3.05) is 6.54 Å². The van der Waals surface area contributed by atoms with Crippen LogP contribution in [0.3, 0.4) is 0 Å². The van der Waals surface area contributed by atoms with Crippen molar-refractivity contribution in [2.45, 2.75) is 40.2 Å². The highest BCUT2D eigenvalue weighted by Crippen LogP contribution is 2.25. The highest BCUT2D eigenvalue weighted by molar-refractivity contribution is 9.10. The second kappa shape index (κ2) is 7.25. The van der Waals surface area contributed by atoms with Gasteiger partial charge in [-0.2, -0.15) is 0 Å². The van der Waals surface area contributed by atoms with E-state index in [1.165, 1.54) is 6.07 Å². The Kier molecular flexibility index (Phi) is 6.30. The van der Waals surface area contributed by atoms with Crippen molar-refractivity contribution in [1.82, 2.24) is 5.32 Å². The Morgan fingerprint density at radius 1 is 1.17 bits per heavy atom. The summed E-state index contributed by atoms with van der Waals surface area (Å²) in [6, 6.07) is 5.77. The van der Waals surface area contributed by atoms with Crippen molar-refractivity contribution in [3.8, 4) is 0 Å². The van der Waals surface area contributed by atoms with E-state index in [4.69, 9.17) is 0 Å². The van der Waals surface area contributed by atoms with Crippen LogP contribution in [0.5, 0.6) is 0 Å². The van der Waals surface area contributed by atoms with Crippen LogP contribution in [0.25, 0.3) is 0 Å². The molecule has 2 atom stereocenters. The van der Waals surface area contributed by atoms with Crippen LogP contribution in [0.1, 0.15) is 33.3 Å². The third-order valence-corrected chi connectivity index (χ3v) is 4.28. The number of benzene rings is 1. The van der Waals surface area contributed by atoms with E-state index in [0.29, 0.717) is 22.4 Å². The van der Waals surface area contributed by atoms with E-state index < -0.39 is 0 Å². The molecule has 0 spiro atoms. The van der Waals surface area contributed by atoms with Gasteiger partial charge in [0.1, 0.15) is 5.82 Å². The van der Waals surface area contributed by atoms with E-state index in [1.807, 2.05) is 6.07 Å². The molecule has 102 valence electrons. The Labute approximate surface area is 118 Å². The van der Waals surface area contributed by atoms with Gasteiger partial charge in [0.2, 0.25) is 0 Å². The lowest BCUT2D eigenvalue weighted by Gasteiger charge is -2.22. The third-order valence-electron chi connectivity index (χ3n) is 3.39. The SMILES string of the molecule is CC(C)NCC(C)C(C)Cc1cccc(F)c1Br. The van der Waals surface area contributed by atoms with Crippen LogP contribution in [-0.2, 0) is 6.42 Å². The second-order valence-electron chi connectivity index (χ2n) is 5.43. The third kappa shape index (κ3) is 4.69. The molecule has 0 saturated heterocycles. The molecule has 0 bridgehead atoms. The first-order chi connectivity index (χ1) is 8.41. The zero-order valence-electron chi connectivity index (χ0n) is 11.6. The van der Waals surface area contributed by atoms with Crippen LogP contribution in [0, 0.1) is 17.7 Å². The molecule has 2 unspecified atom stereocenters. The Bertz CT molecular complexity index is 379. The van der Waals surface area contributed by atoms with Gasteiger partial charge in [0.25, 0.3) is 0 Å². The van der Waals surface area contributed by atoms with Crippen molar-refractivity contribution in [3.05, 3.63) is 34.1 Å². The molecule has 18 heavy (non-hydrogen) atoms. The smallest absolute Gasteiger partial charge is 0.137 e. The number of hydrogen-bond donors (Lipinski definition) is 1. The molecule has 0 aliphatic rings. The topological polar surface area (TPSA) is 12.0 Å². The fourth-order valence-electron chi connectivity index (χ4n) is 1.88. The highest BCUT2D eigenvalue weighted by atomic mass is 79.9. The second-order valence-corrected chi connectivity index (χ2v) is 6.23. The number of halogens is 2. The molecule has 3 heteroatoms. The highest BCUT2D eigenvalue weighted by Gasteiger charge is 2.15. The average molecular weight is 316 g/mol. The fourth-order valence-corrected chi connectivity index (χ4v) is 2.30. The van der Waals surface area contributed by atoms with Crippen molar-refractivity contribution in [3.63, 3.8) is 0 Å². The van der Waals surface area contributed by atoms with Gasteiger partial charge in [0, 0.05) is 6.04 Å². The maximum absolute atomic E-state index is 13.4. The Morgan fingerprint density at radius 2 is 1.83 bits per heavy atom. The molecule has 1 aromatic rings. The number of nitrogens with one attached hydrogen (secondary N) is 1. The van der Waals surface area contributed by atoms with Crippen LogP contribution in [0.4, 0.5) is 4.39 Å². The van der Waals surface area contributed by atoms with Crippen LogP contribution in [-0.4, -0.2) is 12.6 Å². The molecule has 0 aliphatic carbocycles. The predicted molar refractivity (Wildman–Crippen MR) is 79.3 cm³/mol. The van der Waals surface area contributed by atoms with Crippen molar-refractivity contribution in [1.29, 1.82) is 0 Å². The molecule has 1 aromatic carbocycles. The average Bonchev–Trinajstić information content (AvgIpc) is 2.31. The van der Waals surface area contributed by atoms with Gasteiger partial charge in [-0.25, -0.2) is 4.39 Å². The molecule has 1 N–H and O–H groups in total. The zero-order chi connectivity index (χ0) is 13.7. The minimum absolute atomic E-state index is 0.173. The van der Waals surface area contributed by atoms with E-state index in [2.05, 4.69) is 48.9 Å². The van der Waals surface area contributed by atoms with Gasteiger partial charge in [0.15, 0.2) is 0 Å². The lowest BCUT2D eigenvalue weighted by Crippen LogP contribution is -2.31. The van der Waals surface area contributed by atoms with Gasteiger partial charge in [0.05, 0.1) is 4.47 Å². The first kappa shape index (κ1) is 15.6. The molecule has 0 aliphatic heterocycles. The van der Waals surface area contributed by atoms with E-state index in [-0.39, 0.29) is 5.82 Å². The molecule has 1 rings (SSSR count). The monoisotopic (exact) mass is 315 g/mol. The van der Waals surface area contributed by atoms with Gasteiger partial charge in [-0.3, -0.25) is 0 Å². The molecule has 0 amide bonds. The number of rotatable bonds is 6. The molecule has 0 saturated carbocycles. The van der Waals surface area contributed by atoms with E-state index in [9.17, 15) is 4.39 Å². The van der Waals surface area contributed by atoms with Gasteiger partial charge >= 0.3 is 0 Å². The van der Waals surface area contributed by atoms with Gasteiger partial charge < -0.3 is 5.32 Å². The lowest BCUT2D eigenvalue weighted by molar-refractivity contribution is 0.353. The summed E-state index contributed by atoms with van der Waals surface area (Å²) < 4.78 is 14.0. The predicted octanol–water partition coefficient (Wildman–Crippen LogP) is 4.40. The zero-order valence-corrected chi connectivity index (χ0v) is 13.2. The Hall–Kier alpha value is -0.410. The summed E-state index contributed by atoms with van der Waals surface area (Å²) >= 11 is 3.33.